The summed E-state index contributed by atoms with van der Waals surface area (Å²) in [6, 6.07) is 11.1. The second kappa shape index (κ2) is 6.90. The molecule has 0 radical (unpaired) electrons. The highest BCUT2D eigenvalue weighted by Crippen LogP contribution is 2.38. The molecule has 134 valence electrons. The number of anilines is 1. The summed E-state index contributed by atoms with van der Waals surface area (Å²) in [5.41, 5.74) is 3.22. The Bertz CT molecular complexity index is 843. The standard InChI is InChI=1S/C21H23N3O2/c1-15-7-5-8-16(13-15)24-18(14-19(25)23-11-3-2-4-12-23)20-17(21(24)26)9-6-10-22-20/h5-10,13,18H,2-4,11-12,14H2,1H3/t18-/m0/s1. The summed E-state index contributed by atoms with van der Waals surface area (Å²) in [5.74, 6) is 0.0359. The molecule has 0 saturated carbocycles. The highest BCUT2D eigenvalue weighted by Gasteiger charge is 2.40. The Hall–Kier alpha value is -2.69. The predicted octanol–water partition coefficient (Wildman–Crippen LogP) is 3.49. The van der Waals surface area contributed by atoms with E-state index < -0.39 is 0 Å². The number of aryl methyl sites for hydroxylation is 1. The van der Waals surface area contributed by atoms with Gasteiger partial charge in [0.15, 0.2) is 0 Å². The number of hydrogen-bond acceptors (Lipinski definition) is 3. The van der Waals surface area contributed by atoms with E-state index in [9.17, 15) is 9.59 Å². The number of benzene rings is 1. The lowest BCUT2D eigenvalue weighted by atomic mass is 10.1. The molecule has 1 atom stereocenters. The Morgan fingerprint density at radius 3 is 2.73 bits per heavy atom. The normalized spacial score (nSPS) is 19.6. The summed E-state index contributed by atoms with van der Waals surface area (Å²) < 4.78 is 0. The monoisotopic (exact) mass is 349 g/mol. The van der Waals surface area contributed by atoms with Crippen LogP contribution in [0.4, 0.5) is 5.69 Å². The molecule has 1 aromatic heterocycles. The van der Waals surface area contributed by atoms with Gasteiger partial charge >= 0.3 is 0 Å². The maximum atomic E-state index is 13.0. The molecule has 3 heterocycles. The smallest absolute Gasteiger partial charge is 0.260 e. The summed E-state index contributed by atoms with van der Waals surface area (Å²) >= 11 is 0. The maximum Gasteiger partial charge on any atom is 0.260 e. The van der Waals surface area contributed by atoms with Crippen molar-refractivity contribution < 1.29 is 9.59 Å². The summed E-state index contributed by atoms with van der Waals surface area (Å²) in [7, 11) is 0. The van der Waals surface area contributed by atoms with Gasteiger partial charge < -0.3 is 4.90 Å². The minimum Gasteiger partial charge on any atom is -0.343 e. The third kappa shape index (κ3) is 2.98. The minimum atomic E-state index is -0.338. The van der Waals surface area contributed by atoms with E-state index in [1.54, 1.807) is 23.2 Å². The molecule has 2 aromatic rings. The lowest BCUT2D eigenvalue weighted by Crippen LogP contribution is -2.38. The van der Waals surface area contributed by atoms with Gasteiger partial charge in [0.25, 0.3) is 5.91 Å². The van der Waals surface area contributed by atoms with Gasteiger partial charge in [-0.05, 0) is 56.0 Å². The van der Waals surface area contributed by atoms with Crippen molar-refractivity contribution >= 4 is 17.5 Å². The van der Waals surface area contributed by atoms with E-state index in [4.69, 9.17) is 0 Å². The molecule has 5 nitrogen and oxygen atoms in total. The fourth-order valence-electron chi connectivity index (χ4n) is 3.96. The van der Waals surface area contributed by atoms with E-state index in [-0.39, 0.29) is 24.3 Å². The molecule has 4 rings (SSSR count). The summed E-state index contributed by atoms with van der Waals surface area (Å²) in [5, 5.41) is 0. The molecule has 1 saturated heterocycles. The van der Waals surface area contributed by atoms with Crippen molar-refractivity contribution in [2.24, 2.45) is 0 Å². The molecule has 0 N–H and O–H groups in total. The molecule has 0 unspecified atom stereocenters. The van der Waals surface area contributed by atoms with E-state index in [1.807, 2.05) is 36.1 Å². The molecular formula is C21H23N3O2. The Morgan fingerprint density at radius 2 is 1.96 bits per heavy atom. The van der Waals surface area contributed by atoms with Crippen molar-refractivity contribution in [2.75, 3.05) is 18.0 Å². The van der Waals surface area contributed by atoms with Gasteiger partial charge in [-0.15, -0.1) is 0 Å². The average molecular weight is 349 g/mol. The Labute approximate surface area is 153 Å². The lowest BCUT2D eigenvalue weighted by Gasteiger charge is -2.30. The number of piperidine rings is 1. The van der Waals surface area contributed by atoms with Crippen LogP contribution in [-0.2, 0) is 4.79 Å². The first kappa shape index (κ1) is 16.8. The zero-order valence-electron chi connectivity index (χ0n) is 15.0. The number of likely N-dealkylation sites (tertiary alicyclic amines) is 1. The number of rotatable bonds is 3. The molecule has 1 aromatic carbocycles. The second-order valence-corrected chi connectivity index (χ2v) is 7.11. The van der Waals surface area contributed by atoms with Crippen LogP contribution < -0.4 is 4.90 Å². The van der Waals surface area contributed by atoms with Crippen LogP contribution in [0, 0.1) is 6.92 Å². The molecule has 0 spiro atoms. The quantitative estimate of drug-likeness (QED) is 0.852. The SMILES string of the molecule is Cc1cccc(N2C(=O)c3cccnc3[C@@H]2CC(=O)N2CCCCC2)c1. The molecule has 26 heavy (non-hydrogen) atoms. The van der Waals surface area contributed by atoms with Crippen LogP contribution in [0.25, 0.3) is 0 Å². The Balaban J connectivity index is 1.68. The van der Waals surface area contributed by atoms with Gasteiger partial charge in [0.2, 0.25) is 5.91 Å². The van der Waals surface area contributed by atoms with Crippen LogP contribution in [0.5, 0.6) is 0 Å². The number of amides is 2. The number of carbonyl (C=O) groups is 2. The van der Waals surface area contributed by atoms with Crippen molar-refractivity contribution in [2.45, 2.75) is 38.6 Å². The first-order chi connectivity index (χ1) is 12.6. The second-order valence-electron chi connectivity index (χ2n) is 7.11. The maximum absolute atomic E-state index is 13.0. The van der Waals surface area contributed by atoms with Crippen LogP contribution in [0.15, 0.2) is 42.6 Å². The van der Waals surface area contributed by atoms with Gasteiger partial charge in [-0.25, -0.2) is 0 Å². The third-order valence-corrected chi connectivity index (χ3v) is 5.27. The molecule has 2 aliphatic rings. The van der Waals surface area contributed by atoms with E-state index in [0.29, 0.717) is 11.3 Å². The van der Waals surface area contributed by atoms with Crippen LogP contribution in [0.2, 0.25) is 0 Å². The number of aromatic nitrogens is 1. The number of pyridine rings is 1. The van der Waals surface area contributed by atoms with E-state index in [1.165, 1.54) is 6.42 Å². The zero-order chi connectivity index (χ0) is 18.1. The Morgan fingerprint density at radius 1 is 1.15 bits per heavy atom. The van der Waals surface area contributed by atoms with Gasteiger partial charge in [-0.3, -0.25) is 19.5 Å². The molecule has 0 bridgehead atoms. The van der Waals surface area contributed by atoms with E-state index in [0.717, 1.165) is 37.2 Å². The van der Waals surface area contributed by atoms with Crippen LogP contribution in [0.3, 0.4) is 0 Å². The van der Waals surface area contributed by atoms with Crippen molar-refractivity contribution in [1.29, 1.82) is 0 Å². The van der Waals surface area contributed by atoms with Crippen molar-refractivity contribution in [3.63, 3.8) is 0 Å². The average Bonchev–Trinajstić information content (AvgIpc) is 2.95. The first-order valence-electron chi connectivity index (χ1n) is 9.28. The van der Waals surface area contributed by atoms with Crippen LogP contribution in [0.1, 0.15) is 53.3 Å². The highest BCUT2D eigenvalue weighted by molar-refractivity contribution is 6.11. The topological polar surface area (TPSA) is 53.5 Å². The number of hydrogen-bond donors (Lipinski definition) is 0. The molecular weight excluding hydrogens is 326 g/mol. The van der Waals surface area contributed by atoms with Gasteiger partial charge in [-0.2, -0.15) is 0 Å². The molecule has 1 fully saturated rings. The largest absolute Gasteiger partial charge is 0.343 e. The van der Waals surface area contributed by atoms with Crippen LogP contribution in [-0.4, -0.2) is 34.8 Å². The van der Waals surface area contributed by atoms with E-state index in [2.05, 4.69) is 4.98 Å². The van der Waals surface area contributed by atoms with Gasteiger partial charge in [-0.1, -0.05) is 12.1 Å². The fraction of sp³-hybridized carbons (Fsp3) is 0.381. The van der Waals surface area contributed by atoms with Gasteiger partial charge in [0.1, 0.15) is 0 Å². The highest BCUT2D eigenvalue weighted by atomic mass is 16.2. The third-order valence-electron chi connectivity index (χ3n) is 5.27. The predicted molar refractivity (Wildman–Crippen MR) is 100 cm³/mol. The van der Waals surface area contributed by atoms with E-state index >= 15 is 0 Å². The molecule has 0 aliphatic carbocycles. The molecule has 5 heteroatoms. The van der Waals surface area contributed by atoms with Gasteiger partial charge in [0, 0.05) is 25.0 Å². The fourth-order valence-corrected chi connectivity index (χ4v) is 3.96. The number of fused-ring (bicyclic) bond motifs is 1. The summed E-state index contributed by atoms with van der Waals surface area (Å²) in [6.45, 7) is 3.64. The van der Waals surface area contributed by atoms with Gasteiger partial charge in [0.05, 0.1) is 23.7 Å². The first-order valence-corrected chi connectivity index (χ1v) is 9.28. The molecule has 2 amide bonds. The lowest BCUT2D eigenvalue weighted by molar-refractivity contribution is -0.132. The van der Waals surface area contributed by atoms with Crippen molar-refractivity contribution in [1.82, 2.24) is 9.88 Å². The summed E-state index contributed by atoms with van der Waals surface area (Å²) in [4.78, 5) is 34.0. The zero-order valence-corrected chi connectivity index (χ0v) is 15.0. The number of nitrogens with zero attached hydrogens (tertiary/aromatic N) is 3. The van der Waals surface area contributed by atoms with Crippen LogP contribution >= 0.6 is 0 Å². The minimum absolute atomic E-state index is 0.0739. The Kier molecular flexibility index (Phi) is 4.45. The van der Waals surface area contributed by atoms with Crippen molar-refractivity contribution in [3.05, 3.63) is 59.4 Å². The number of carbonyl (C=O) groups excluding carboxylic acids is 2. The molecule has 2 aliphatic heterocycles. The van der Waals surface area contributed by atoms with Crippen molar-refractivity contribution in [3.8, 4) is 0 Å². The summed E-state index contributed by atoms with van der Waals surface area (Å²) in [6.07, 6.45) is 5.29.